The van der Waals surface area contributed by atoms with Crippen LogP contribution in [0.25, 0.3) is 22.5 Å². The van der Waals surface area contributed by atoms with E-state index >= 15 is 0 Å². The Bertz CT molecular complexity index is 1090. The van der Waals surface area contributed by atoms with Gasteiger partial charge in [-0.1, -0.05) is 24.3 Å². The van der Waals surface area contributed by atoms with E-state index in [1.165, 1.54) is 0 Å². The van der Waals surface area contributed by atoms with Crippen LogP contribution in [-0.2, 0) is 4.74 Å². The highest BCUT2D eigenvalue weighted by Crippen LogP contribution is 2.29. The zero-order valence-corrected chi connectivity index (χ0v) is 15.4. The summed E-state index contributed by atoms with van der Waals surface area (Å²) in [5.41, 5.74) is 15.0. The number of nitriles is 1. The normalized spacial score (nSPS) is 10.3. The summed E-state index contributed by atoms with van der Waals surface area (Å²) in [6.45, 7) is 3.86. The van der Waals surface area contributed by atoms with E-state index in [9.17, 15) is 10.1 Å². The molecule has 2 heterocycles. The second-order valence-corrected chi connectivity index (χ2v) is 5.95. The van der Waals surface area contributed by atoms with E-state index < -0.39 is 5.97 Å². The number of hydrogen-bond donors (Lipinski definition) is 2. The molecule has 0 unspecified atom stereocenters. The lowest BCUT2D eigenvalue weighted by Gasteiger charge is -2.12. The van der Waals surface area contributed by atoms with Gasteiger partial charge in [0.05, 0.1) is 23.6 Å². The topological polar surface area (TPSA) is 141 Å². The number of hydrogen-bond acceptors (Lipinski definition) is 8. The van der Waals surface area contributed by atoms with Gasteiger partial charge in [0.1, 0.15) is 17.5 Å². The van der Waals surface area contributed by atoms with Crippen molar-refractivity contribution in [3.05, 3.63) is 53.2 Å². The highest BCUT2D eigenvalue weighted by molar-refractivity contribution is 5.97. The molecule has 0 saturated carbocycles. The van der Waals surface area contributed by atoms with Gasteiger partial charge >= 0.3 is 5.97 Å². The molecule has 0 amide bonds. The van der Waals surface area contributed by atoms with Gasteiger partial charge in [0, 0.05) is 17.3 Å². The third kappa shape index (κ3) is 3.46. The summed E-state index contributed by atoms with van der Waals surface area (Å²) in [5, 5.41) is 9.35. The van der Waals surface area contributed by atoms with E-state index in [2.05, 4.69) is 15.0 Å². The molecule has 3 rings (SSSR count). The minimum Gasteiger partial charge on any atom is -0.462 e. The average molecular weight is 374 g/mol. The number of benzene rings is 1. The number of pyridine rings is 1. The number of anilines is 2. The summed E-state index contributed by atoms with van der Waals surface area (Å²) in [6, 6.07) is 10.9. The van der Waals surface area contributed by atoms with Crippen molar-refractivity contribution in [2.75, 3.05) is 18.1 Å². The molecule has 0 bridgehead atoms. The Morgan fingerprint density at radius 3 is 2.36 bits per heavy atom. The Balaban J connectivity index is 2.08. The molecule has 8 nitrogen and oxygen atoms in total. The largest absolute Gasteiger partial charge is 0.462 e. The number of nitrogen functional groups attached to an aromatic ring is 2. The van der Waals surface area contributed by atoms with Gasteiger partial charge in [-0.3, -0.25) is 4.98 Å². The van der Waals surface area contributed by atoms with Crippen LogP contribution in [0.5, 0.6) is 0 Å². The van der Waals surface area contributed by atoms with E-state index in [1.807, 2.05) is 13.0 Å². The van der Waals surface area contributed by atoms with E-state index in [0.29, 0.717) is 22.5 Å². The van der Waals surface area contributed by atoms with Gasteiger partial charge in [0.2, 0.25) is 5.95 Å². The standard InChI is InChI=1S/C20H18N6O2/c1-3-28-19(27)15-11(2)8-9-24-17(15)13-6-4-12(5-7-13)16-14(10-21)18(22)26-20(23)25-16/h4-9H,3H2,1-2H3,(H4,22,23,25,26). The molecule has 28 heavy (non-hydrogen) atoms. The summed E-state index contributed by atoms with van der Waals surface area (Å²) < 4.78 is 5.16. The van der Waals surface area contributed by atoms with Crippen LogP contribution in [0.4, 0.5) is 11.8 Å². The maximum atomic E-state index is 12.4. The molecule has 0 spiro atoms. The summed E-state index contributed by atoms with van der Waals surface area (Å²) in [4.78, 5) is 24.7. The van der Waals surface area contributed by atoms with E-state index in [1.54, 1.807) is 43.5 Å². The van der Waals surface area contributed by atoms with Crippen molar-refractivity contribution < 1.29 is 9.53 Å². The molecule has 1 aromatic carbocycles. The first kappa shape index (κ1) is 18.8. The molecular weight excluding hydrogens is 356 g/mol. The molecule has 3 aromatic rings. The summed E-state index contributed by atoms with van der Waals surface area (Å²) >= 11 is 0. The van der Waals surface area contributed by atoms with Crippen molar-refractivity contribution in [2.24, 2.45) is 0 Å². The summed E-state index contributed by atoms with van der Waals surface area (Å²) in [7, 11) is 0. The second kappa shape index (κ2) is 7.72. The summed E-state index contributed by atoms with van der Waals surface area (Å²) in [6.07, 6.45) is 1.64. The fourth-order valence-corrected chi connectivity index (χ4v) is 2.84. The minimum absolute atomic E-state index is 0.0134. The quantitative estimate of drug-likeness (QED) is 0.664. The van der Waals surface area contributed by atoms with Crippen LogP contribution in [0.2, 0.25) is 0 Å². The highest BCUT2D eigenvalue weighted by atomic mass is 16.5. The van der Waals surface area contributed by atoms with Crippen molar-refractivity contribution >= 4 is 17.7 Å². The summed E-state index contributed by atoms with van der Waals surface area (Å²) in [5.74, 6) is -0.408. The van der Waals surface area contributed by atoms with Crippen LogP contribution < -0.4 is 11.5 Å². The minimum atomic E-state index is -0.421. The lowest BCUT2D eigenvalue weighted by Crippen LogP contribution is -2.09. The fraction of sp³-hybridized carbons (Fsp3) is 0.150. The maximum absolute atomic E-state index is 12.4. The molecule has 0 aliphatic carbocycles. The van der Waals surface area contributed by atoms with Crippen molar-refractivity contribution in [3.63, 3.8) is 0 Å². The van der Waals surface area contributed by atoms with Crippen LogP contribution in [0, 0.1) is 18.3 Å². The van der Waals surface area contributed by atoms with Gasteiger partial charge in [0.25, 0.3) is 0 Å². The van der Waals surface area contributed by atoms with Gasteiger partial charge in [-0.2, -0.15) is 10.2 Å². The van der Waals surface area contributed by atoms with Crippen LogP contribution in [-0.4, -0.2) is 27.5 Å². The first-order valence-electron chi connectivity index (χ1n) is 8.52. The van der Waals surface area contributed by atoms with Crippen molar-refractivity contribution in [3.8, 4) is 28.6 Å². The van der Waals surface area contributed by atoms with E-state index in [0.717, 1.165) is 11.1 Å². The zero-order chi connectivity index (χ0) is 20.3. The Morgan fingerprint density at radius 2 is 1.75 bits per heavy atom. The number of nitrogens with zero attached hydrogens (tertiary/aromatic N) is 4. The lowest BCUT2D eigenvalue weighted by atomic mass is 9.99. The molecule has 0 radical (unpaired) electrons. The first-order valence-corrected chi connectivity index (χ1v) is 8.52. The van der Waals surface area contributed by atoms with Crippen LogP contribution in [0.1, 0.15) is 28.4 Å². The second-order valence-electron chi connectivity index (χ2n) is 5.95. The SMILES string of the molecule is CCOC(=O)c1c(C)ccnc1-c1ccc(-c2nc(N)nc(N)c2C#N)cc1. The van der Waals surface area contributed by atoms with Gasteiger partial charge in [-0.05, 0) is 25.5 Å². The Kier molecular flexibility index (Phi) is 5.18. The maximum Gasteiger partial charge on any atom is 0.340 e. The Morgan fingerprint density at radius 1 is 1.11 bits per heavy atom. The highest BCUT2D eigenvalue weighted by Gasteiger charge is 2.19. The Hall–Kier alpha value is -3.99. The van der Waals surface area contributed by atoms with Gasteiger partial charge < -0.3 is 16.2 Å². The third-order valence-electron chi connectivity index (χ3n) is 4.14. The molecule has 2 aromatic heterocycles. The lowest BCUT2D eigenvalue weighted by molar-refractivity contribution is 0.0526. The van der Waals surface area contributed by atoms with Gasteiger partial charge in [0.15, 0.2) is 0 Å². The average Bonchev–Trinajstić information content (AvgIpc) is 2.67. The third-order valence-corrected chi connectivity index (χ3v) is 4.14. The molecule has 0 aliphatic heterocycles. The molecule has 0 atom stereocenters. The molecule has 8 heteroatoms. The van der Waals surface area contributed by atoms with Crippen molar-refractivity contribution in [1.29, 1.82) is 5.26 Å². The monoisotopic (exact) mass is 374 g/mol. The van der Waals surface area contributed by atoms with Crippen molar-refractivity contribution in [2.45, 2.75) is 13.8 Å². The van der Waals surface area contributed by atoms with Crippen molar-refractivity contribution in [1.82, 2.24) is 15.0 Å². The molecule has 0 aliphatic rings. The molecule has 0 saturated heterocycles. The molecule has 4 N–H and O–H groups in total. The van der Waals surface area contributed by atoms with E-state index in [4.69, 9.17) is 16.2 Å². The predicted octanol–water partition coefficient (Wildman–Crippen LogP) is 2.73. The number of aromatic nitrogens is 3. The smallest absolute Gasteiger partial charge is 0.340 e. The number of esters is 1. The molecular formula is C20H18N6O2. The van der Waals surface area contributed by atoms with E-state index in [-0.39, 0.29) is 23.9 Å². The predicted molar refractivity (Wildman–Crippen MR) is 105 cm³/mol. The number of carbonyl (C=O) groups excluding carboxylic acids is 1. The zero-order valence-electron chi connectivity index (χ0n) is 15.4. The number of ether oxygens (including phenoxy) is 1. The van der Waals surface area contributed by atoms with Crippen LogP contribution >= 0.6 is 0 Å². The number of carbonyl (C=O) groups is 1. The van der Waals surface area contributed by atoms with Gasteiger partial charge in [-0.25, -0.2) is 9.78 Å². The fourth-order valence-electron chi connectivity index (χ4n) is 2.84. The Labute approximate surface area is 161 Å². The number of aryl methyl sites for hydroxylation is 1. The van der Waals surface area contributed by atoms with Gasteiger partial charge in [-0.15, -0.1) is 0 Å². The van der Waals surface area contributed by atoms with Crippen LogP contribution in [0.15, 0.2) is 36.5 Å². The number of nitrogens with two attached hydrogens (primary N) is 2. The molecule has 0 fully saturated rings. The first-order chi connectivity index (χ1) is 13.5. The number of rotatable bonds is 4. The molecule has 140 valence electrons. The van der Waals surface area contributed by atoms with Crippen LogP contribution in [0.3, 0.4) is 0 Å².